The highest BCUT2D eigenvalue weighted by atomic mass is 16.6. The molecule has 0 radical (unpaired) electrons. The molecule has 5 amide bonds. The molecular weight excluding hydrogens is 602 g/mol. The van der Waals surface area contributed by atoms with Crippen molar-refractivity contribution in [2.45, 2.75) is 165 Å². The standard InChI is InChI=1S/C24H42N4O6.C7H16.C3H8.CH3NO/c1-13(2)18(26-23(33)27-19(14(3)4)22(32)34-24(7,8)9)21(31)28-12-10-11-17(28)20(30)25-15(5)16(6)29;1-4-7(5-2)6-3;1-3-2;2-1-3/h13-15,17-19H,10-12H2,1-9H3,(H,25,30)(H2,26,27,33);7H,4-6H2,1-3H3;3H2,1-2H3;1H,(H2,2,3). The van der Waals surface area contributed by atoms with Crippen molar-refractivity contribution in [3.8, 4) is 0 Å². The molecule has 4 unspecified atom stereocenters. The third kappa shape index (κ3) is 21.3. The molecule has 0 saturated carbocycles. The number of amides is 5. The van der Waals surface area contributed by atoms with Gasteiger partial charge in [0.25, 0.3) is 0 Å². The van der Waals surface area contributed by atoms with E-state index >= 15 is 0 Å². The van der Waals surface area contributed by atoms with Gasteiger partial charge in [0.2, 0.25) is 18.2 Å². The number of rotatable bonds is 12. The number of urea groups is 1. The Morgan fingerprint density at radius 1 is 0.851 bits per heavy atom. The summed E-state index contributed by atoms with van der Waals surface area (Å²) in [7, 11) is 0. The highest BCUT2D eigenvalue weighted by Crippen LogP contribution is 2.21. The Labute approximate surface area is 285 Å². The first kappa shape index (κ1) is 48.2. The molecule has 1 heterocycles. The first-order valence-corrected chi connectivity index (χ1v) is 17.3. The van der Waals surface area contributed by atoms with Crippen LogP contribution < -0.4 is 21.7 Å². The fourth-order valence-electron chi connectivity index (χ4n) is 4.46. The Hall–Kier alpha value is -3.18. The quantitative estimate of drug-likeness (QED) is 0.165. The minimum absolute atomic E-state index is 0.174. The third-order valence-electron chi connectivity index (χ3n) is 7.37. The van der Waals surface area contributed by atoms with Gasteiger partial charge in [0, 0.05) is 6.54 Å². The second-order valence-corrected chi connectivity index (χ2v) is 13.6. The van der Waals surface area contributed by atoms with Gasteiger partial charge in [-0.05, 0) is 65.2 Å². The lowest BCUT2D eigenvalue weighted by atomic mass is 10.0. The number of carbonyl (C=O) groups excluding carboxylic acids is 6. The summed E-state index contributed by atoms with van der Waals surface area (Å²) in [4.78, 5) is 72.9. The Morgan fingerprint density at radius 3 is 1.62 bits per heavy atom. The molecule has 1 saturated heterocycles. The van der Waals surface area contributed by atoms with Crippen molar-refractivity contribution < 1.29 is 33.5 Å². The smallest absolute Gasteiger partial charge is 0.329 e. The van der Waals surface area contributed by atoms with Crippen LogP contribution in [0, 0.1) is 17.8 Å². The Kier molecular flexibility index (Phi) is 26.5. The van der Waals surface area contributed by atoms with E-state index in [0.717, 1.165) is 5.92 Å². The molecule has 1 rings (SSSR count). The number of nitrogens with zero attached hydrogens (tertiary/aromatic N) is 1. The number of esters is 1. The monoisotopic (exact) mass is 672 g/mol. The summed E-state index contributed by atoms with van der Waals surface area (Å²) in [6, 6.07) is -3.80. The van der Waals surface area contributed by atoms with Gasteiger partial charge in [-0.1, -0.05) is 88.0 Å². The van der Waals surface area contributed by atoms with Crippen molar-refractivity contribution in [3.05, 3.63) is 0 Å². The van der Waals surface area contributed by atoms with Crippen LogP contribution in [0.4, 0.5) is 4.79 Å². The number of nitrogens with two attached hydrogens (primary N) is 1. The van der Waals surface area contributed by atoms with Crippen molar-refractivity contribution >= 4 is 36.0 Å². The normalized spacial score (nSPS) is 15.8. The summed E-state index contributed by atoms with van der Waals surface area (Å²) >= 11 is 0. The first-order valence-electron chi connectivity index (χ1n) is 17.3. The van der Waals surface area contributed by atoms with Crippen LogP contribution in [-0.2, 0) is 28.7 Å². The van der Waals surface area contributed by atoms with E-state index in [1.165, 1.54) is 37.5 Å². The minimum Gasteiger partial charge on any atom is -0.458 e. The number of ether oxygens (including phenoxy) is 1. The maximum absolute atomic E-state index is 13.3. The van der Waals surface area contributed by atoms with Crippen molar-refractivity contribution in [3.63, 3.8) is 0 Å². The van der Waals surface area contributed by atoms with E-state index in [1.54, 1.807) is 55.4 Å². The van der Waals surface area contributed by atoms with Crippen LogP contribution in [0.5, 0.6) is 0 Å². The summed E-state index contributed by atoms with van der Waals surface area (Å²) in [5, 5.41) is 7.96. The van der Waals surface area contributed by atoms with Crippen molar-refractivity contribution in [2.75, 3.05) is 6.54 Å². The summed E-state index contributed by atoms with van der Waals surface area (Å²) in [6.45, 7) is 26.8. The summed E-state index contributed by atoms with van der Waals surface area (Å²) in [5.41, 5.74) is 3.46. The zero-order valence-corrected chi connectivity index (χ0v) is 32.0. The SMILES string of the molecule is CC(=O)C(C)NC(=O)C1CCCN1C(=O)C(NC(=O)NC(C(=O)OC(C)(C)C)C(C)C)C(C)C.CCC.CCC(CC)CC.NC=O. The molecule has 0 aromatic carbocycles. The molecule has 0 aliphatic carbocycles. The molecule has 5 N–H and O–H groups in total. The largest absolute Gasteiger partial charge is 0.458 e. The lowest BCUT2D eigenvalue weighted by molar-refractivity contribution is -0.158. The Balaban J connectivity index is -0.00000126. The summed E-state index contributed by atoms with van der Waals surface area (Å²) in [5.74, 6) is -1.00. The van der Waals surface area contributed by atoms with E-state index in [-0.39, 0.29) is 35.8 Å². The van der Waals surface area contributed by atoms with Crippen LogP contribution in [-0.4, -0.2) is 77.2 Å². The summed E-state index contributed by atoms with van der Waals surface area (Å²) in [6.07, 6.45) is 6.68. The number of likely N-dealkylation sites (tertiary alicyclic amines) is 1. The van der Waals surface area contributed by atoms with E-state index in [2.05, 4.69) is 56.3 Å². The van der Waals surface area contributed by atoms with E-state index in [1.807, 2.05) is 0 Å². The van der Waals surface area contributed by atoms with Crippen LogP contribution in [0.2, 0.25) is 0 Å². The zero-order chi connectivity index (χ0) is 37.5. The predicted molar refractivity (Wildman–Crippen MR) is 188 cm³/mol. The lowest BCUT2D eigenvalue weighted by Crippen LogP contribution is -2.59. The number of ketones is 1. The molecule has 1 fully saturated rings. The molecule has 0 aromatic heterocycles. The highest BCUT2D eigenvalue weighted by Gasteiger charge is 2.39. The minimum atomic E-state index is -0.898. The molecule has 1 aliphatic heterocycles. The molecule has 47 heavy (non-hydrogen) atoms. The van der Waals surface area contributed by atoms with Crippen LogP contribution in [0.3, 0.4) is 0 Å². The van der Waals surface area contributed by atoms with E-state index in [4.69, 9.17) is 9.53 Å². The molecule has 1 aliphatic rings. The Morgan fingerprint density at radius 2 is 1.28 bits per heavy atom. The Bertz CT molecular complexity index is 924. The van der Waals surface area contributed by atoms with Crippen molar-refractivity contribution in [1.82, 2.24) is 20.9 Å². The average Bonchev–Trinajstić information content (AvgIpc) is 3.45. The van der Waals surface area contributed by atoms with Gasteiger partial charge in [-0.3, -0.25) is 19.2 Å². The van der Waals surface area contributed by atoms with E-state index < -0.39 is 41.8 Å². The van der Waals surface area contributed by atoms with Crippen LogP contribution >= 0.6 is 0 Å². The fraction of sp³-hybridized carbons (Fsp3) is 0.829. The number of primary amides is 1. The maximum atomic E-state index is 13.3. The maximum Gasteiger partial charge on any atom is 0.329 e. The second-order valence-electron chi connectivity index (χ2n) is 13.6. The zero-order valence-electron chi connectivity index (χ0n) is 32.0. The van der Waals surface area contributed by atoms with Gasteiger partial charge in [-0.25, -0.2) is 9.59 Å². The molecule has 0 spiro atoms. The van der Waals surface area contributed by atoms with Gasteiger partial charge < -0.3 is 31.3 Å². The fourth-order valence-corrected chi connectivity index (χ4v) is 4.46. The van der Waals surface area contributed by atoms with Crippen LogP contribution in [0.15, 0.2) is 0 Å². The number of hydrogen-bond donors (Lipinski definition) is 4. The first-order chi connectivity index (χ1) is 21.7. The van der Waals surface area contributed by atoms with Gasteiger partial charge in [-0.15, -0.1) is 0 Å². The van der Waals surface area contributed by atoms with Crippen LogP contribution in [0.1, 0.15) is 135 Å². The van der Waals surface area contributed by atoms with Gasteiger partial charge in [0.15, 0.2) is 5.78 Å². The van der Waals surface area contributed by atoms with E-state index in [9.17, 15) is 24.0 Å². The van der Waals surface area contributed by atoms with Gasteiger partial charge in [-0.2, -0.15) is 0 Å². The van der Waals surface area contributed by atoms with Crippen molar-refractivity contribution in [2.24, 2.45) is 23.5 Å². The van der Waals surface area contributed by atoms with E-state index in [0.29, 0.717) is 19.4 Å². The molecule has 0 aromatic rings. The summed E-state index contributed by atoms with van der Waals surface area (Å²) < 4.78 is 5.41. The highest BCUT2D eigenvalue weighted by molar-refractivity contribution is 5.95. The molecule has 4 atom stereocenters. The predicted octanol–water partition coefficient (Wildman–Crippen LogP) is 5.11. The molecule has 12 heteroatoms. The van der Waals surface area contributed by atoms with Gasteiger partial charge in [0.1, 0.15) is 23.7 Å². The van der Waals surface area contributed by atoms with Crippen LogP contribution in [0.25, 0.3) is 0 Å². The average molecular weight is 672 g/mol. The van der Waals surface area contributed by atoms with Gasteiger partial charge in [0.05, 0.1) is 6.04 Å². The number of nitrogens with one attached hydrogen (secondary N) is 3. The molecule has 276 valence electrons. The lowest BCUT2D eigenvalue weighted by Gasteiger charge is -2.32. The van der Waals surface area contributed by atoms with Crippen molar-refractivity contribution in [1.29, 1.82) is 0 Å². The number of hydrogen-bond acceptors (Lipinski definition) is 7. The number of Topliss-reactive ketones (excluding diaryl/α,β-unsaturated/α-hetero) is 1. The third-order valence-corrected chi connectivity index (χ3v) is 7.37. The molecular formula is C35H69N5O7. The number of carbonyl (C=O) groups is 6. The molecule has 0 bridgehead atoms. The van der Waals surface area contributed by atoms with Gasteiger partial charge >= 0.3 is 12.0 Å². The molecule has 12 nitrogen and oxygen atoms in total. The topological polar surface area (TPSA) is 177 Å². The second kappa shape index (κ2) is 25.9.